The predicted octanol–water partition coefficient (Wildman–Crippen LogP) is 3.51. The highest BCUT2D eigenvalue weighted by Gasteiger charge is 2.49. The van der Waals surface area contributed by atoms with Crippen LogP contribution in [0.15, 0.2) is 39.1 Å². The van der Waals surface area contributed by atoms with Crippen LogP contribution in [-0.2, 0) is 30.2 Å². The molecule has 0 unspecified atom stereocenters. The molecule has 0 saturated carbocycles. The van der Waals surface area contributed by atoms with Crippen LogP contribution in [0, 0.1) is 5.41 Å². The number of piperidine rings is 1. The highest BCUT2D eigenvalue weighted by atomic mass is 35.5. The molecule has 2 aromatic heterocycles. The molecule has 2 aliphatic heterocycles. The van der Waals surface area contributed by atoms with Gasteiger partial charge in [-0.05, 0) is 45.7 Å². The molecule has 2 fully saturated rings. The third kappa shape index (κ3) is 5.14. The summed E-state index contributed by atoms with van der Waals surface area (Å²) >= 11 is 6.80. The van der Waals surface area contributed by atoms with Crippen LogP contribution in [-0.4, -0.2) is 61.0 Å². The van der Waals surface area contributed by atoms with Gasteiger partial charge in [-0.3, -0.25) is 14.0 Å². The summed E-state index contributed by atoms with van der Waals surface area (Å²) in [5.74, 6) is 0.653. The van der Waals surface area contributed by atoms with Gasteiger partial charge in [-0.15, -0.1) is 4.72 Å². The number of benzene rings is 1. The molecule has 9 nitrogen and oxygen atoms in total. The Labute approximate surface area is 229 Å². The average molecular weight is 565 g/mol. The van der Waals surface area contributed by atoms with Crippen molar-refractivity contribution in [3.8, 4) is 0 Å². The van der Waals surface area contributed by atoms with Crippen LogP contribution in [0.25, 0.3) is 10.9 Å². The fourth-order valence-electron chi connectivity index (χ4n) is 5.00. The molecular formula is C25H33ClN6O3S2. The van der Waals surface area contributed by atoms with E-state index in [2.05, 4.69) is 19.7 Å². The smallest absolute Gasteiger partial charge is 0.268 e. The number of hydrogen-bond donors (Lipinski definition) is 1. The summed E-state index contributed by atoms with van der Waals surface area (Å²) in [5, 5.41) is 5.82. The largest absolute Gasteiger partial charge is 0.598 e. The van der Waals surface area contributed by atoms with Crippen LogP contribution in [0.5, 0.6) is 0 Å². The van der Waals surface area contributed by atoms with Gasteiger partial charge in [0.2, 0.25) is 5.95 Å². The molecule has 1 aromatic carbocycles. The highest BCUT2D eigenvalue weighted by molar-refractivity contribution is 7.99. The van der Waals surface area contributed by atoms with E-state index in [9.17, 15) is 9.35 Å². The number of nitrogens with zero attached hydrogens (tertiary/aromatic N) is 5. The first-order chi connectivity index (χ1) is 17.5. The fourth-order valence-corrected chi connectivity index (χ4v) is 7.16. The van der Waals surface area contributed by atoms with E-state index in [-0.39, 0.29) is 21.8 Å². The number of nitrogens with one attached hydrogen (secondary N) is 1. The van der Waals surface area contributed by atoms with E-state index in [1.54, 1.807) is 22.5 Å². The molecule has 5 rings (SSSR count). The monoisotopic (exact) mass is 564 g/mol. The van der Waals surface area contributed by atoms with E-state index in [1.807, 2.05) is 46.1 Å². The topological polar surface area (TPSA) is 100 Å². The van der Waals surface area contributed by atoms with Crippen molar-refractivity contribution in [1.82, 2.24) is 24.1 Å². The Kier molecular flexibility index (Phi) is 7.32. The van der Waals surface area contributed by atoms with Gasteiger partial charge < -0.3 is 14.2 Å². The van der Waals surface area contributed by atoms with Gasteiger partial charge in [-0.2, -0.15) is 5.10 Å². The first-order valence-electron chi connectivity index (χ1n) is 12.3. The molecule has 12 heteroatoms. The van der Waals surface area contributed by atoms with Gasteiger partial charge in [-0.1, -0.05) is 23.4 Å². The molecular weight excluding hydrogens is 532 g/mol. The predicted molar refractivity (Wildman–Crippen MR) is 149 cm³/mol. The standard InChI is InChI=1S/C25H33ClN6O3S2/c1-24(2,3)37(34)29-20-14-35-15-25(20)8-10-32(11-9-25)23-27-12-19(22(33)31(23)5)36-18-7-6-17-16(21(18)26)13-30(4)28-17/h6-7,12-13,20,29H,8-11,14-15H2,1-5H3/t20-,37-/m1/s1. The van der Waals surface area contributed by atoms with Crippen LogP contribution in [0.4, 0.5) is 5.95 Å². The van der Waals surface area contributed by atoms with Gasteiger partial charge >= 0.3 is 0 Å². The van der Waals surface area contributed by atoms with Crippen molar-refractivity contribution < 1.29 is 9.29 Å². The van der Waals surface area contributed by atoms with E-state index in [1.165, 1.54) is 11.8 Å². The second-order valence-corrected chi connectivity index (χ2v) is 14.4. The van der Waals surface area contributed by atoms with Gasteiger partial charge in [0.15, 0.2) is 0 Å². The van der Waals surface area contributed by atoms with Gasteiger partial charge in [0, 0.05) is 60.4 Å². The molecule has 1 N–H and O–H groups in total. The molecule has 4 heterocycles. The Morgan fingerprint density at radius 1 is 1.24 bits per heavy atom. The van der Waals surface area contributed by atoms with E-state index < -0.39 is 11.4 Å². The molecule has 2 aliphatic rings. The summed E-state index contributed by atoms with van der Waals surface area (Å²) in [4.78, 5) is 21.4. The summed E-state index contributed by atoms with van der Waals surface area (Å²) < 4.78 is 24.9. The van der Waals surface area contributed by atoms with Gasteiger partial charge in [0.1, 0.15) is 4.75 Å². The lowest BCUT2D eigenvalue weighted by Crippen LogP contribution is -2.55. The maximum absolute atomic E-state index is 13.3. The number of hydrogen-bond acceptors (Lipinski definition) is 8. The number of aromatic nitrogens is 4. The zero-order valence-corrected chi connectivity index (χ0v) is 24.2. The number of rotatable bonds is 5. The summed E-state index contributed by atoms with van der Waals surface area (Å²) in [6.45, 7) is 8.64. The molecule has 200 valence electrons. The Hall–Kier alpha value is -1.76. The summed E-state index contributed by atoms with van der Waals surface area (Å²) in [6, 6.07) is 3.85. The molecule has 1 spiro atoms. The van der Waals surface area contributed by atoms with Crippen molar-refractivity contribution in [2.75, 3.05) is 31.2 Å². The lowest BCUT2D eigenvalue weighted by molar-refractivity contribution is 0.130. The van der Waals surface area contributed by atoms with Gasteiger partial charge in [0.05, 0.1) is 40.9 Å². The van der Waals surface area contributed by atoms with Crippen molar-refractivity contribution in [2.45, 2.75) is 54.2 Å². The normalized spacial score (nSPS) is 20.7. The van der Waals surface area contributed by atoms with E-state index in [4.69, 9.17) is 16.3 Å². The minimum Gasteiger partial charge on any atom is -0.598 e. The molecule has 0 aliphatic carbocycles. The number of aryl methyl sites for hydroxylation is 1. The van der Waals surface area contributed by atoms with Crippen LogP contribution in [0.3, 0.4) is 0 Å². The molecule has 0 amide bonds. The lowest BCUT2D eigenvalue weighted by atomic mass is 9.75. The maximum Gasteiger partial charge on any atom is 0.268 e. The second kappa shape index (κ2) is 10.1. The third-order valence-electron chi connectivity index (χ3n) is 7.30. The van der Waals surface area contributed by atoms with E-state index in [0.29, 0.717) is 29.1 Å². The van der Waals surface area contributed by atoms with Gasteiger partial charge in [-0.25, -0.2) is 4.98 Å². The molecule has 3 aromatic rings. The Morgan fingerprint density at radius 2 is 1.97 bits per heavy atom. The van der Waals surface area contributed by atoms with E-state index in [0.717, 1.165) is 41.7 Å². The second-order valence-electron chi connectivity index (χ2n) is 10.9. The van der Waals surface area contributed by atoms with Crippen molar-refractivity contribution in [3.05, 3.63) is 39.9 Å². The van der Waals surface area contributed by atoms with Crippen LogP contribution < -0.4 is 15.2 Å². The summed E-state index contributed by atoms with van der Waals surface area (Å²) in [7, 11) is 3.62. The molecule has 0 radical (unpaired) electrons. The lowest BCUT2D eigenvalue weighted by Gasteiger charge is -2.42. The van der Waals surface area contributed by atoms with Crippen molar-refractivity contribution in [3.63, 3.8) is 0 Å². The highest BCUT2D eigenvalue weighted by Crippen LogP contribution is 2.41. The first kappa shape index (κ1) is 26.8. The van der Waals surface area contributed by atoms with Crippen LogP contribution in [0.2, 0.25) is 5.02 Å². The SMILES string of the molecule is Cn1cc2c(Cl)c(Sc3cnc(N4CCC5(CC4)COC[C@H]5N[S@+]([O-])C(C)(C)C)n(C)c3=O)ccc2n1. The number of fused-ring (bicyclic) bond motifs is 1. The zero-order chi connectivity index (χ0) is 26.5. The minimum absolute atomic E-state index is 0.0483. The molecule has 2 saturated heterocycles. The number of anilines is 1. The first-order valence-corrected chi connectivity index (χ1v) is 14.7. The Bertz CT molecular complexity index is 1360. The summed E-state index contributed by atoms with van der Waals surface area (Å²) in [6.07, 6.45) is 5.27. The maximum atomic E-state index is 13.3. The zero-order valence-electron chi connectivity index (χ0n) is 21.8. The van der Waals surface area contributed by atoms with Crippen LogP contribution in [0.1, 0.15) is 33.6 Å². The van der Waals surface area contributed by atoms with Crippen molar-refractivity contribution >= 4 is 51.6 Å². The number of ether oxygens (including phenoxy) is 1. The Morgan fingerprint density at radius 3 is 2.68 bits per heavy atom. The average Bonchev–Trinajstić information content (AvgIpc) is 3.42. The Balaban J connectivity index is 1.30. The number of halogens is 1. The molecule has 37 heavy (non-hydrogen) atoms. The third-order valence-corrected chi connectivity index (χ3v) is 10.5. The van der Waals surface area contributed by atoms with Crippen molar-refractivity contribution in [1.29, 1.82) is 0 Å². The van der Waals surface area contributed by atoms with E-state index >= 15 is 0 Å². The quantitative estimate of drug-likeness (QED) is 0.470. The van der Waals surface area contributed by atoms with Gasteiger partial charge in [0.25, 0.3) is 5.56 Å². The summed E-state index contributed by atoms with van der Waals surface area (Å²) in [5.41, 5.74) is 0.645. The minimum atomic E-state index is -1.15. The fraction of sp³-hybridized carbons (Fsp3) is 0.560. The molecule has 2 atom stereocenters. The van der Waals surface area contributed by atoms with Crippen molar-refractivity contribution in [2.24, 2.45) is 19.5 Å². The van der Waals surface area contributed by atoms with Crippen LogP contribution >= 0.6 is 23.4 Å². The molecule has 0 bridgehead atoms.